The Labute approximate surface area is 127 Å². The number of nitrogens with zero attached hydrogens (tertiary/aromatic N) is 4. The summed E-state index contributed by atoms with van der Waals surface area (Å²) in [6, 6.07) is 1.61. The predicted molar refractivity (Wildman–Crippen MR) is 77.7 cm³/mol. The molecule has 0 spiro atoms. The molecule has 3 heterocycles. The van der Waals surface area contributed by atoms with Gasteiger partial charge in [0.1, 0.15) is 11.3 Å². The fourth-order valence-corrected chi connectivity index (χ4v) is 2.44. The van der Waals surface area contributed by atoms with E-state index >= 15 is 0 Å². The van der Waals surface area contributed by atoms with Crippen molar-refractivity contribution in [3.8, 4) is 0 Å². The minimum atomic E-state index is -0.489. The Morgan fingerprint density at radius 3 is 2.86 bits per heavy atom. The number of nitrogens with one attached hydrogen (secondary N) is 1. The molecule has 2 aromatic heterocycles. The van der Waals surface area contributed by atoms with E-state index in [9.17, 15) is 9.59 Å². The Hall–Kier alpha value is -2.48. The van der Waals surface area contributed by atoms with E-state index in [4.69, 9.17) is 4.74 Å². The molecule has 0 saturated carbocycles. The molecule has 0 unspecified atom stereocenters. The lowest BCUT2D eigenvalue weighted by Gasteiger charge is -2.27. The average Bonchev–Trinajstić information content (AvgIpc) is 2.99. The molecule has 0 aliphatic carbocycles. The molecular formula is C14H17N5O3. The van der Waals surface area contributed by atoms with Gasteiger partial charge < -0.3 is 15.0 Å². The van der Waals surface area contributed by atoms with Crippen molar-refractivity contribution in [2.24, 2.45) is 0 Å². The number of esters is 1. The number of ether oxygens (including phenoxy) is 1. The van der Waals surface area contributed by atoms with E-state index in [0.29, 0.717) is 24.4 Å². The zero-order valence-corrected chi connectivity index (χ0v) is 12.3. The first-order valence-electron chi connectivity index (χ1n) is 7.22. The number of carbonyl (C=O) groups excluding carboxylic acids is 2. The summed E-state index contributed by atoms with van der Waals surface area (Å²) in [5, 5.41) is 7.33. The van der Waals surface area contributed by atoms with Gasteiger partial charge in [0.2, 0.25) is 0 Å². The van der Waals surface area contributed by atoms with Crippen molar-refractivity contribution >= 4 is 17.5 Å². The summed E-state index contributed by atoms with van der Waals surface area (Å²) < 4.78 is 6.37. The van der Waals surface area contributed by atoms with Crippen molar-refractivity contribution in [3.05, 3.63) is 29.7 Å². The van der Waals surface area contributed by atoms with Gasteiger partial charge in [0.15, 0.2) is 5.65 Å². The molecule has 1 aliphatic heterocycles. The van der Waals surface area contributed by atoms with Gasteiger partial charge in [-0.15, -0.1) is 0 Å². The van der Waals surface area contributed by atoms with E-state index < -0.39 is 5.97 Å². The van der Waals surface area contributed by atoms with E-state index in [0.717, 1.165) is 13.1 Å². The first-order chi connectivity index (χ1) is 10.7. The highest BCUT2D eigenvalue weighted by Crippen LogP contribution is 2.13. The quantitative estimate of drug-likeness (QED) is 0.800. The topological polar surface area (TPSA) is 88.8 Å². The Morgan fingerprint density at radius 1 is 1.36 bits per heavy atom. The summed E-state index contributed by atoms with van der Waals surface area (Å²) in [5.74, 6) is -0.607. The third kappa shape index (κ3) is 2.52. The first kappa shape index (κ1) is 14.5. The molecule has 0 bridgehead atoms. The third-order valence-corrected chi connectivity index (χ3v) is 3.52. The Morgan fingerprint density at radius 2 is 2.14 bits per heavy atom. The first-order valence-corrected chi connectivity index (χ1v) is 7.22. The third-order valence-electron chi connectivity index (χ3n) is 3.52. The van der Waals surface area contributed by atoms with Crippen molar-refractivity contribution in [1.29, 1.82) is 0 Å². The molecule has 2 aromatic rings. The number of piperazine rings is 1. The molecule has 3 rings (SSSR count). The lowest BCUT2D eigenvalue weighted by atomic mass is 10.3. The Kier molecular flexibility index (Phi) is 4.01. The Balaban J connectivity index is 1.97. The van der Waals surface area contributed by atoms with Gasteiger partial charge in [0.25, 0.3) is 5.91 Å². The van der Waals surface area contributed by atoms with Crippen LogP contribution in [0.1, 0.15) is 27.8 Å². The summed E-state index contributed by atoms with van der Waals surface area (Å²) in [4.78, 5) is 30.4. The van der Waals surface area contributed by atoms with Gasteiger partial charge in [-0.3, -0.25) is 4.79 Å². The van der Waals surface area contributed by atoms with Gasteiger partial charge in [0, 0.05) is 32.4 Å². The molecular weight excluding hydrogens is 286 g/mol. The summed E-state index contributed by atoms with van der Waals surface area (Å²) in [6.45, 7) is 4.84. The van der Waals surface area contributed by atoms with Crippen LogP contribution in [0.2, 0.25) is 0 Å². The second-order valence-corrected chi connectivity index (χ2v) is 4.89. The van der Waals surface area contributed by atoms with Crippen LogP contribution in [-0.2, 0) is 4.74 Å². The van der Waals surface area contributed by atoms with Crippen molar-refractivity contribution in [1.82, 2.24) is 24.8 Å². The zero-order chi connectivity index (χ0) is 15.5. The zero-order valence-electron chi connectivity index (χ0n) is 12.3. The van der Waals surface area contributed by atoms with Gasteiger partial charge in [0.05, 0.1) is 12.8 Å². The maximum atomic E-state index is 12.6. The number of aromatic nitrogens is 3. The average molecular weight is 303 g/mol. The molecule has 1 N–H and O–H groups in total. The fraction of sp³-hybridized carbons (Fsp3) is 0.429. The van der Waals surface area contributed by atoms with Crippen molar-refractivity contribution < 1.29 is 14.3 Å². The SMILES string of the molecule is CCOC(=O)c1cnn2c(C(=O)N3CCNCC3)ccnc12. The second kappa shape index (κ2) is 6.10. The van der Waals surface area contributed by atoms with E-state index in [-0.39, 0.29) is 18.1 Å². The molecule has 1 amide bonds. The number of hydrogen-bond donors (Lipinski definition) is 1. The van der Waals surface area contributed by atoms with Crippen LogP contribution in [0.25, 0.3) is 5.65 Å². The highest BCUT2D eigenvalue weighted by molar-refractivity contribution is 5.97. The summed E-state index contributed by atoms with van der Waals surface area (Å²) in [7, 11) is 0. The Bertz CT molecular complexity index is 706. The van der Waals surface area contributed by atoms with E-state index in [1.54, 1.807) is 17.9 Å². The van der Waals surface area contributed by atoms with E-state index in [2.05, 4.69) is 15.4 Å². The lowest BCUT2D eigenvalue weighted by Crippen LogP contribution is -2.46. The van der Waals surface area contributed by atoms with Crippen LogP contribution < -0.4 is 5.32 Å². The number of amides is 1. The largest absolute Gasteiger partial charge is 0.462 e. The predicted octanol–water partition coefficient (Wildman–Crippen LogP) is -0.0486. The van der Waals surface area contributed by atoms with Crippen LogP contribution in [0.5, 0.6) is 0 Å². The lowest BCUT2D eigenvalue weighted by molar-refractivity contribution is 0.0528. The standard InChI is InChI=1S/C14H17N5O3/c1-2-22-14(21)10-9-17-19-11(3-4-16-12(10)19)13(20)18-7-5-15-6-8-18/h3-4,9,15H,2,5-8H2,1H3. The molecule has 0 radical (unpaired) electrons. The number of carbonyl (C=O) groups is 2. The van der Waals surface area contributed by atoms with Crippen LogP contribution in [0, 0.1) is 0 Å². The molecule has 116 valence electrons. The van der Waals surface area contributed by atoms with Gasteiger partial charge in [-0.25, -0.2) is 14.3 Å². The molecule has 8 nitrogen and oxygen atoms in total. The molecule has 8 heteroatoms. The molecule has 0 atom stereocenters. The molecule has 1 fully saturated rings. The van der Waals surface area contributed by atoms with Crippen LogP contribution >= 0.6 is 0 Å². The summed E-state index contributed by atoms with van der Waals surface area (Å²) in [6.07, 6.45) is 2.89. The van der Waals surface area contributed by atoms with Gasteiger partial charge in [-0.2, -0.15) is 5.10 Å². The number of fused-ring (bicyclic) bond motifs is 1. The molecule has 1 saturated heterocycles. The monoisotopic (exact) mass is 303 g/mol. The van der Waals surface area contributed by atoms with Gasteiger partial charge in [-0.05, 0) is 13.0 Å². The smallest absolute Gasteiger partial charge is 0.343 e. The highest BCUT2D eigenvalue weighted by atomic mass is 16.5. The van der Waals surface area contributed by atoms with Crippen LogP contribution in [0.3, 0.4) is 0 Å². The van der Waals surface area contributed by atoms with Crippen LogP contribution in [0.15, 0.2) is 18.5 Å². The maximum Gasteiger partial charge on any atom is 0.343 e. The van der Waals surface area contributed by atoms with Crippen LogP contribution in [0.4, 0.5) is 0 Å². The van der Waals surface area contributed by atoms with Crippen LogP contribution in [-0.4, -0.2) is 64.2 Å². The highest BCUT2D eigenvalue weighted by Gasteiger charge is 2.23. The molecule has 1 aliphatic rings. The minimum absolute atomic E-state index is 0.118. The number of rotatable bonds is 3. The van der Waals surface area contributed by atoms with Crippen molar-refractivity contribution in [2.75, 3.05) is 32.8 Å². The fourth-order valence-electron chi connectivity index (χ4n) is 2.44. The van der Waals surface area contributed by atoms with Gasteiger partial charge in [-0.1, -0.05) is 0 Å². The second-order valence-electron chi connectivity index (χ2n) is 4.89. The molecule has 22 heavy (non-hydrogen) atoms. The normalized spacial score (nSPS) is 15.0. The van der Waals surface area contributed by atoms with E-state index in [1.165, 1.54) is 16.9 Å². The number of hydrogen-bond acceptors (Lipinski definition) is 6. The summed E-state index contributed by atoms with van der Waals surface area (Å²) >= 11 is 0. The van der Waals surface area contributed by atoms with E-state index in [1.807, 2.05) is 0 Å². The molecule has 0 aromatic carbocycles. The van der Waals surface area contributed by atoms with Gasteiger partial charge >= 0.3 is 5.97 Å². The van der Waals surface area contributed by atoms with Crippen molar-refractivity contribution in [2.45, 2.75) is 6.92 Å². The van der Waals surface area contributed by atoms with Crippen molar-refractivity contribution in [3.63, 3.8) is 0 Å². The maximum absolute atomic E-state index is 12.6. The summed E-state index contributed by atoms with van der Waals surface area (Å²) in [5.41, 5.74) is 0.985. The minimum Gasteiger partial charge on any atom is -0.462 e.